The maximum absolute atomic E-state index is 13.7. The highest BCUT2D eigenvalue weighted by atomic mass is 32.1. The number of nitrogens with zero attached hydrogens (tertiary/aromatic N) is 3. The van der Waals surface area contributed by atoms with Crippen LogP contribution >= 0.6 is 11.3 Å². The number of thiazole rings is 1. The molecule has 1 aliphatic heterocycles. The smallest absolute Gasteiger partial charge is 0.273 e. The summed E-state index contributed by atoms with van der Waals surface area (Å²) in [6.45, 7) is 1.22. The molecular weight excluding hydrogens is 350 g/mol. The largest absolute Gasteiger partial charge is 0.335 e. The number of rotatable bonds is 3. The number of hydrogen-bond donors (Lipinski definition) is 1. The summed E-state index contributed by atoms with van der Waals surface area (Å²) in [7, 11) is 0. The summed E-state index contributed by atoms with van der Waals surface area (Å²) in [5.74, 6) is -2.72. The molecule has 3 rings (SSSR count). The Bertz CT molecular complexity index is 783. The van der Waals surface area contributed by atoms with E-state index < -0.39 is 23.1 Å². The third-order valence-corrected chi connectivity index (χ3v) is 4.85. The van der Waals surface area contributed by atoms with Crippen molar-refractivity contribution in [3.63, 3.8) is 0 Å². The highest BCUT2D eigenvalue weighted by Gasteiger charge is 2.29. The third kappa shape index (κ3) is 3.52. The Balaban J connectivity index is 1.65. The van der Waals surface area contributed by atoms with Gasteiger partial charge in [-0.2, -0.15) is 0 Å². The van der Waals surface area contributed by atoms with Gasteiger partial charge in [0.15, 0.2) is 0 Å². The van der Waals surface area contributed by atoms with E-state index >= 15 is 0 Å². The Labute approximate surface area is 146 Å². The average Bonchev–Trinajstić information content (AvgIpc) is 3.10. The van der Waals surface area contributed by atoms with Crippen LogP contribution in [0, 0.1) is 11.6 Å². The minimum absolute atomic E-state index is 0.201. The van der Waals surface area contributed by atoms with Crippen LogP contribution in [0.4, 0.5) is 8.78 Å². The van der Waals surface area contributed by atoms with Gasteiger partial charge in [0.05, 0.1) is 0 Å². The zero-order valence-corrected chi connectivity index (χ0v) is 14.1. The first-order valence-electron chi connectivity index (χ1n) is 7.68. The maximum Gasteiger partial charge on any atom is 0.273 e. The lowest BCUT2D eigenvalue weighted by molar-refractivity contribution is 0.0527. The van der Waals surface area contributed by atoms with Gasteiger partial charge in [0.2, 0.25) is 0 Å². The molecule has 1 fully saturated rings. The van der Waals surface area contributed by atoms with Gasteiger partial charge in [-0.25, -0.2) is 13.8 Å². The van der Waals surface area contributed by atoms with Crippen LogP contribution in [0.3, 0.4) is 0 Å². The van der Waals surface area contributed by atoms with Crippen molar-refractivity contribution in [1.82, 2.24) is 14.8 Å². The highest BCUT2D eigenvalue weighted by molar-refractivity contribution is 7.09. The predicted molar refractivity (Wildman–Crippen MR) is 88.2 cm³/mol. The van der Waals surface area contributed by atoms with Gasteiger partial charge in [0.25, 0.3) is 11.8 Å². The number of piperazine rings is 1. The summed E-state index contributed by atoms with van der Waals surface area (Å²) in [5, 5.41) is 2.32. The van der Waals surface area contributed by atoms with Crippen molar-refractivity contribution in [1.29, 1.82) is 0 Å². The zero-order chi connectivity index (χ0) is 18.0. The van der Waals surface area contributed by atoms with Gasteiger partial charge in [-0.15, -0.1) is 11.3 Å². The van der Waals surface area contributed by atoms with Crippen molar-refractivity contribution in [2.24, 2.45) is 5.73 Å². The standard InChI is InChI=1S/C16H16F2N4O2S/c17-10-2-1-3-11(18)14(10)16(24)22-6-4-21(5-7-22)15(23)12-9-25-13(8-19)20-12/h1-3,9H,4-8,19H2. The summed E-state index contributed by atoms with van der Waals surface area (Å²) in [6, 6.07) is 3.31. The van der Waals surface area contributed by atoms with Crippen molar-refractivity contribution in [3.8, 4) is 0 Å². The van der Waals surface area contributed by atoms with Crippen molar-refractivity contribution in [3.05, 3.63) is 51.5 Å². The summed E-state index contributed by atoms with van der Waals surface area (Å²) in [5.41, 5.74) is 5.25. The monoisotopic (exact) mass is 366 g/mol. The number of hydrogen-bond acceptors (Lipinski definition) is 5. The lowest BCUT2D eigenvalue weighted by Crippen LogP contribution is -2.51. The van der Waals surface area contributed by atoms with Gasteiger partial charge in [-0.3, -0.25) is 9.59 Å². The Hall–Kier alpha value is -2.39. The van der Waals surface area contributed by atoms with Crippen molar-refractivity contribution in [2.75, 3.05) is 26.2 Å². The fraction of sp³-hybridized carbons (Fsp3) is 0.312. The molecule has 2 aromatic rings. The first-order valence-corrected chi connectivity index (χ1v) is 8.56. The van der Waals surface area contributed by atoms with Crippen LogP contribution in [0.15, 0.2) is 23.6 Å². The van der Waals surface area contributed by atoms with Crippen molar-refractivity contribution >= 4 is 23.2 Å². The van der Waals surface area contributed by atoms with E-state index in [-0.39, 0.29) is 38.6 Å². The molecule has 2 N–H and O–H groups in total. The van der Waals surface area contributed by atoms with Gasteiger partial charge < -0.3 is 15.5 Å². The number of amides is 2. The van der Waals surface area contributed by atoms with Crippen LogP contribution < -0.4 is 5.73 Å². The van der Waals surface area contributed by atoms with Crippen LogP contribution in [0.1, 0.15) is 25.9 Å². The Morgan fingerprint density at radius 3 is 2.16 bits per heavy atom. The molecule has 0 saturated carbocycles. The van der Waals surface area contributed by atoms with E-state index in [2.05, 4.69) is 4.98 Å². The van der Waals surface area contributed by atoms with Gasteiger partial charge in [-0.05, 0) is 12.1 Å². The average molecular weight is 366 g/mol. The molecule has 1 aliphatic rings. The molecule has 0 unspecified atom stereocenters. The number of halogens is 2. The van der Waals surface area contributed by atoms with E-state index in [1.54, 1.807) is 10.3 Å². The van der Waals surface area contributed by atoms with E-state index in [9.17, 15) is 18.4 Å². The van der Waals surface area contributed by atoms with Crippen molar-refractivity contribution in [2.45, 2.75) is 6.54 Å². The first-order chi connectivity index (χ1) is 12.0. The van der Waals surface area contributed by atoms with Crippen LogP contribution in [-0.2, 0) is 6.54 Å². The molecule has 0 atom stereocenters. The van der Waals surface area contributed by atoms with Gasteiger partial charge in [-0.1, -0.05) is 6.07 Å². The van der Waals surface area contributed by atoms with E-state index in [1.165, 1.54) is 22.3 Å². The molecule has 6 nitrogen and oxygen atoms in total. The molecule has 25 heavy (non-hydrogen) atoms. The second-order valence-electron chi connectivity index (χ2n) is 5.51. The van der Waals surface area contributed by atoms with Gasteiger partial charge >= 0.3 is 0 Å². The normalized spacial score (nSPS) is 14.7. The molecular formula is C16H16F2N4O2S. The Kier molecular flexibility index (Phi) is 5.05. The summed E-state index contributed by atoms with van der Waals surface area (Å²) >= 11 is 1.32. The SMILES string of the molecule is NCc1nc(C(=O)N2CCN(C(=O)c3c(F)cccc3F)CC2)cs1. The van der Waals surface area contributed by atoms with E-state index in [0.717, 1.165) is 12.1 Å². The molecule has 1 saturated heterocycles. The van der Waals surface area contributed by atoms with Crippen LogP contribution in [-0.4, -0.2) is 52.8 Å². The van der Waals surface area contributed by atoms with Crippen LogP contribution in [0.5, 0.6) is 0 Å². The second kappa shape index (κ2) is 7.24. The molecule has 2 amide bonds. The number of nitrogens with two attached hydrogens (primary N) is 1. The molecule has 1 aromatic heterocycles. The van der Waals surface area contributed by atoms with E-state index in [0.29, 0.717) is 10.7 Å². The lowest BCUT2D eigenvalue weighted by atomic mass is 10.1. The van der Waals surface area contributed by atoms with E-state index in [4.69, 9.17) is 5.73 Å². The zero-order valence-electron chi connectivity index (χ0n) is 13.2. The minimum atomic E-state index is -0.889. The highest BCUT2D eigenvalue weighted by Crippen LogP contribution is 2.17. The second-order valence-corrected chi connectivity index (χ2v) is 6.45. The van der Waals surface area contributed by atoms with E-state index in [1.807, 2.05) is 0 Å². The third-order valence-electron chi connectivity index (χ3n) is 3.98. The molecule has 9 heteroatoms. The molecule has 132 valence electrons. The quantitative estimate of drug-likeness (QED) is 0.892. The Morgan fingerprint density at radius 2 is 1.64 bits per heavy atom. The van der Waals surface area contributed by atoms with Crippen LogP contribution in [0.2, 0.25) is 0 Å². The fourth-order valence-corrected chi connectivity index (χ4v) is 3.29. The topological polar surface area (TPSA) is 79.5 Å². The number of carbonyl (C=O) groups excluding carboxylic acids is 2. The van der Waals surface area contributed by atoms with Gasteiger partial charge in [0.1, 0.15) is 27.9 Å². The molecule has 0 aliphatic carbocycles. The molecule has 0 radical (unpaired) electrons. The molecule has 2 heterocycles. The predicted octanol–water partition coefficient (Wildman–Crippen LogP) is 1.48. The Morgan fingerprint density at radius 1 is 1.08 bits per heavy atom. The summed E-state index contributed by atoms with van der Waals surface area (Å²) < 4.78 is 27.5. The minimum Gasteiger partial charge on any atom is -0.335 e. The molecule has 0 spiro atoms. The lowest BCUT2D eigenvalue weighted by Gasteiger charge is -2.34. The number of aromatic nitrogens is 1. The summed E-state index contributed by atoms with van der Waals surface area (Å²) in [6.07, 6.45) is 0. The van der Waals surface area contributed by atoms with Gasteiger partial charge in [0, 0.05) is 38.1 Å². The number of benzene rings is 1. The summed E-state index contributed by atoms with van der Waals surface area (Å²) in [4.78, 5) is 31.8. The fourth-order valence-electron chi connectivity index (χ4n) is 2.64. The molecule has 0 bridgehead atoms. The first kappa shape index (κ1) is 17.4. The van der Waals surface area contributed by atoms with Crippen LogP contribution in [0.25, 0.3) is 0 Å². The number of carbonyl (C=O) groups is 2. The molecule has 1 aromatic carbocycles. The maximum atomic E-state index is 13.7. The van der Waals surface area contributed by atoms with Crippen molar-refractivity contribution < 1.29 is 18.4 Å².